The van der Waals surface area contributed by atoms with Crippen LogP contribution in [0.5, 0.6) is 5.75 Å². The van der Waals surface area contributed by atoms with Gasteiger partial charge in [0.2, 0.25) is 0 Å². The van der Waals surface area contributed by atoms with E-state index in [1.165, 1.54) is 16.2 Å². The SMILES string of the molecule is CCCOc1cccc(C2C(=C(O)c3ccc(Cl)cc3)C(=O)C(=O)N2c2nc3ccc(CC)cc3s2)c1. The number of ketones is 1. The lowest BCUT2D eigenvalue weighted by molar-refractivity contribution is -0.132. The molecule has 4 aromatic rings. The van der Waals surface area contributed by atoms with Crippen LogP contribution in [0.15, 0.2) is 72.3 Å². The molecule has 37 heavy (non-hydrogen) atoms. The standard InChI is InChI=1S/C29H25ClN2O4S/c1-3-14-36-21-7-5-6-19(16-21)25-24(26(33)18-9-11-20(30)12-10-18)27(34)28(35)32(25)29-31-22-13-8-17(4-2)15-23(22)37-29/h5-13,15-16,25,33H,3-4,14H2,1-2H3. The number of rotatable bonds is 7. The van der Waals surface area contributed by atoms with Gasteiger partial charge < -0.3 is 9.84 Å². The van der Waals surface area contributed by atoms with Gasteiger partial charge in [0.1, 0.15) is 11.5 Å². The van der Waals surface area contributed by atoms with Crippen LogP contribution in [0.2, 0.25) is 5.02 Å². The number of ether oxygens (including phenoxy) is 1. The summed E-state index contributed by atoms with van der Waals surface area (Å²) in [7, 11) is 0. The third kappa shape index (κ3) is 4.72. The zero-order chi connectivity index (χ0) is 26.1. The van der Waals surface area contributed by atoms with Gasteiger partial charge in [0.25, 0.3) is 5.78 Å². The van der Waals surface area contributed by atoms with E-state index in [-0.39, 0.29) is 11.3 Å². The number of aromatic nitrogens is 1. The van der Waals surface area contributed by atoms with E-state index in [0.29, 0.717) is 33.6 Å². The Morgan fingerprint density at radius 1 is 1.08 bits per heavy atom. The number of halogens is 1. The van der Waals surface area contributed by atoms with Gasteiger partial charge in [-0.3, -0.25) is 14.5 Å². The number of anilines is 1. The third-order valence-electron chi connectivity index (χ3n) is 6.26. The minimum absolute atomic E-state index is 0.00605. The number of carbonyl (C=O) groups is 2. The van der Waals surface area contributed by atoms with Crippen LogP contribution < -0.4 is 9.64 Å². The molecular formula is C29H25ClN2O4S. The Morgan fingerprint density at radius 3 is 2.59 bits per heavy atom. The molecule has 0 saturated carbocycles. The van der Waals surface area contributed by atoms with E-state index in [9.17, 15) is 14.7 Å². The molecule has 3 aromatic carbocycles. The van der Waals surface area contributed by atoms with Gasteiger partial charge in [-0.25, -0.2) is 4.98 Å². The van der Waals surface area contributed by atoms with E-state index in [4.69, 9.17) is 21.3 Å². The van der Waals surface area contributed by atoms with E-state index in [1.54, 1.807) is 30.3 Å². The highest BCUT2D eigenvalue weighted by Gasteiger charge is 2.48. The van der Waals surface area contributed by atoms with Crippen LogP contribution in [0.25, 0.3) is 16.0 Å². The van der Waals surface area contributed by atoms with Gasteiger partial charge in [0.15, 0.2) is 5.13 Å². The zero-order valence-corrected chi connectivity index (χ0v) is 22.0. The summed E-state index contributed by atoms with van der Waals surface area (Å²) in [5.74, 6) is -1.16. The number of Topliss-reactive ketones (excluding diaryl/α,β-unsaturated/α-hetero) is 1. The molecule has 5 rings (SSSR count). The van der Waals surface area contributed by atoms with Crippen molar-refractivity contribution in [3.8, 4) is 5.75 Å². The minimum atomic E-state index is -0.882. The Hall–Kier alpha value is -3.68. The van der Waals surface area contributed by atoms with E-state index < -0.39 is 17.7 Å². The number of hydrogen-bond donors (Lipinski definition) is 1. The Kier molecular flexibility index (Phi) is 7.00. The van der Waals surface area contributed by atoms with Gasteiger partial charge in [-0.2, -0.15) is 0 Å². The zero-order valence-electron chi connectivity index (χ0n) is 20.4. The monoisotopic (exact) mass is 532 g/mol. The van der Waals surface area contributed by atoms with Gasteiger partial charge >= 0.3 is 5.91 Å². The number of thiazole rings is 1. The molecule has 2 heterocycles. The van der Waals surface area contributed by atoms with Crippen molar-refractivity contribution in [2.24, 2.45) is 0 Å². The number of carbonyl (C=O) groups excluding carboxylic acids is 2. The van der Waals surface area contributed by atoms with Crippen molar-refractivity contribution in [1.82, 2.24) is 4.98 Å². The van der Waals surface area contributed by atoms with Crippen molar-refractivity contribution < 1.29 is 19.4 Å². The average Bonchev–Trinajstić information content (AvgIpc) is 3.45. The molecule has 0 spiro atoms. The van der Waals surface area contributed by atoms with E-state index in [2.05, 4.69) is 13.0 Å². The number of benzene rings is 3. The molecule has 1 amide bonds. The first-order valence-electron chi connectivity index (χ1n) is 12.1. The van der Waals surface area contributed by atoms with E-state index in [1.807, 2.05) is 37.3 Å². The smallest absolute Gasteiger partial charge is 0.301 e. The fourth-order valence-electron chi connectivity index (χ4n) is 4.38. The van der Waals surface area contributed by atoms with Crippen molar-refractivity contribution in [1.29, 1.82) is 0 Å². The highest BCUT2D eigenvalue weighted by molar-refractivity contribution is 7.22. The molecule has 1 aromatic heterocycles. The lowest BCUT2D eigenvalue weighted by Gasteiger charge is -2.23. The molecule has 1 saturated heterocycles. The highest BCUT2D eigenvalue weighted by atomic mass is 35.5. The molecule has 0 radical (unpaired) electrons. The topological polar surface area (TPSA) is 79.7 Å². The average molecular weight is 533 g/mol. The lowest BCUT2D eigenvalue weighted by Crippen LogP contribution is -2.29. The largest absolute Gasteiger partial charge is 0.507 e. The molecule has 0 aliphatic carbocycles. The second-order valence-corrected chi connectivity index (χ2v) is 10.2. The Bertz CT molecular complexity index is 1530. The maximum absolute atomic E-state index is 13.5. The fourth-order valence-corrected chi connectivity index (χ4v) is 5.56. The molecule has 1 aliphatic rings. The molecule has 1 fully saturated rings. The number of nitrogens with zero attached hydrogens (tertiary/aromatic N) is 2. The predicted octanol–water partition coefficient (Wildman–Crippen LogP) is 6.93. The molecule has 6 nitrogen and oxygen atoms in total. The summed E-state index contributed by atoms with van der Waals surface area (Å²) in [5.41, 5.74) is 2.92. The van der Waals surface area contributed by atoms with Gasteiger partial charge in [-0.15, -0.1) is 0 Å². The summed E-state index contributed by atoms with van der Waals surface area (Å²) < 4.78 is 6.75. The number of hydrogen-bond acceptors (Lipinski definition) is 6. The first-order chi connectivity index (χ1) is 17.9. The number of amides is 1. The van der Waals surface area contributed by atoms with Crippen molar-refractivity contribution in [3.05, 3.63) is 94.0 Å². The first-order valence-corrected chi connectivity index (χ1v) is 13.3. The van der Waals surface area contributed by atoms with E-state index >= 15 is 0 Å². The Balaban J connectivity index is 1.69. The van der Waals surface area contributed by atoms with Crippen molar-refractivity contribution in [2.75, 3.05) is 11.5 Å². The molecule has 1 unspecified atom stereocenters. The van der Waals surface area contributed by atoms with Gasteiger partial charge in [0.05, 0.1) is 28.4 Å². The van der Waals surface area contributed by atoms with Gasteiger partial charge in [-0.05, 0) is 72.5 Å². The van der Waals surface area contributed by atoms with Gasteiger partial charge in [-0.1, -0.05) is 55.0 Å². The molecular weight excluding hydrogens is 508 g/mol. The number of aryl methyl sites for hydroxylation is 1. The third-order valence-corrected chi connectivity index (χ3v) is 7.53. The summed E-state index contributed by atoms with van der Waals surface area (Å²) in [5, 5.41) is 12.2. The Labute approximate surface area is 223 Å². The van der Waals surface area contributed by atoms with Crippen LogP contribution in [0.3, 0.4) is 0 Å². The molecule has 1 N–H and O–H groups in total. The maximum atomic E-state index is 13.5. The van der Waals surface area contributed by atoms with Crippen molar-refractivity contribution in [3.63, 3.8) is 0 Å². The lowest BCUT2D eigenvalue weighted by atomic mass is 9.95. The van der Waals surface area contributed by atoms with Crippen LogP contribution in [0.4, 0.5) is 5.13 Å². The molecule has 8 heteroatoms. The molecule has 0 bridgehead atoms. The van der Waals surface area contributed by atoms with Crippen molar-refractivity contribution in [2.45, 2.75) is 32.7 Å². The second kappa shape index (κ2) is 10.4. The van der Waals surface area contributed by atoms with Crippen LogP contribution in [0, 0.1) is 0 Å². The van der Waals surface area contributed by atoms with Crippen LogP contribution >= 0.6 is 22.9 Å². The highest BCUT2D eigenvalue weighted by Crippen LogP contribution is 2.45. The van der Waals surface area contributed by atoms with E-state index in [0.717, 1.165) is 28.6 Å². The Morgan fingerprint density at radius 2 is 1.86 bits per heavy atom. The second-order valence-electron chi connectivity index (χ2n) is 8.75. The molecule has 1 atom stereocenters. The fraction of sp³-hybridized carbons (Fsp3) is 0.207. The van der Waals surface area contributed by atoms with Crippen LogP contribution in [-0.2, 0) is 16.0 Å². The summed E-state index contributed by atoms with van der Waals surface area (Å²) in [6.45, 7) is 4.63. The molecule has 188 valence electrons. The van der Waals surface area contributed by atoms with Crippen molar-refractivity contribution >= 4 is 55.7 Å². The summed E-state index contributed by atoms with van der Waals surface area (Å²) in [4.78, 5) is 33.0. The molecule has 1 aliphatic heterocycles. The van der Waals surface area contributed by atoms with Crippen LogP contribution in [-0.4, -0.2) is 28.4 Å². The summed E-state index contributed by atoms with van der Waals surface area (Å²) in [6, 6.07) is 18.8. The number of fused-ring (bicyclic) bond motifs is 1. The van der Waals surface area contributed by atoms with Crippen LogP contribution in [0.1, 0.15) is 43.0 Å². The minimum Gasteiger partial charge on any atom is -0.507 e. The maximum Gasteiger partial charge on any atom is 0.301 e. The number of aliphatic hydroxyl groups is 1. The summed E-state index contributed by atoms with van der Waals surface area (Å²) in [6.07, 6.45) is 1.71. The van der Waals surface area contributed by atoms with Gasteiger partial charge in [0, 0.05) is 10.6 Å². The quantitative estimate of drug-likeness (QED) is 0.159. The number of aliphatic hydroxyl groups excluding tert-OH is 1. The summed E-state index contributed by atoms with van der Waals surface area (Å²) >= 11 is 7.37. The predicted molar refractivity (Wildman–Crippen MR) is 147 cm³/mol. The normalized spacial score (nSPS) is 17.1. The first kappa shape index (κ1) is 25.0.